The lowest BCUT2D eigenvalue weighted by atomic mass is 10.0. The summed E-state index contributed by atoms with van der Waals surface area (Å²) in [4.78, 5) is 10.3. The van der Waals surface area contributed by atoms with Crippen LogP contribution >= 0.6 is 0 Å². The summed E-state index contributed by atoms with van der Waals surface area (Å²) in [7, 11) is 0. The van der Waals surface area contributed by atoms with E-state index in [0.29, 0.717) is 12.8 Å². The Kier molecular flexibility index (Phi) is 13.2. The normalized spacial score (nSPS) is 14.3. The molecule has 0 aliphatic carbocycles. The second-order valence-electron chi connectivity index (χ2n) is 6.29. The SMILES string of the molecule is CCCCCC[C@@](N)(O)C/C=C\CCCCCCCC(=O)O. The van der Waals surface area contributed by atoms with Crippen LogP contribution in [-0.2, 0) is 4.79 Å². The van der Waals surface area contributed by atoms with Crippen molar-refractivity contribution in [3.05, 3.63) is 12.2 Å². The lowest BCUT2D eigenvalue weighted by Crippen LogP contribution is -2.38. The van der Waals surface area contributed by atoms with Crippen molar-refractivity contribution in [2.75, 3.05) is 0 Å². The van der Waals surface area contributed by atoms with Gasteiger partial charge >= 0.3 is 5.97 Å². The van der Waals surface area contributed by atoms with E-state index in [0.717, 1.165) is 51.4 Å². The van der Waals surface area contributed by atoms with Crippen LogP contribution in [0.4, 0.5) is 0 Å². The molecule has 0 fully saturated rings. The highest BCUT2D eigenvalue weighted by atomic mass is 16.4. The van der Waals surface area contributed by atoms with Gasteiger partial charge in [0.15, 0.2) is 0 Å². The highest BCUT2D eigenvalue weighted by molar-refractivity contribution is 5.66. The topological polar surface area (TPSA) is 83.5 Å². The van der Waals surface area contributed by atoms with Gasteiger partial charge in [-0.1, -0.05) is 57.6 Å². The van der Waals surface area contributed by atoms with Crippen LogP contribution in [0.3, 0.4) is 0 Å². The molecule has 0 unspecified atom stereocenters. The molecule has 0 amide bonds. The van der Waals surface area contributed by atoms with Crippen LogP contribution < -0.4 is 5.73 Å². The zero-order chi connectivity index (χ0) is 16.7. The van der Waals surface area contributed by atoms with E-state index in [1.54, 1.807) is 0 Å². The van der Waals surface area contributed by atoms with Crippen molar-refractivity contribution in [2.45, 2.75) is 96.1 Å². The highest BCUT2D eigenvalue weighted by Gasteiger charge is 2.17. The molecule has 0 heterocycles. The third kappa shape index (κ3) is 15.5. The third-order valence-corrected chi connectivity index (χ3v) is 3.86. The number of aliphatic carboxylic acids is 1. The number of carboxylic acids is 1. The molecule has 0 aromatic carbocycles. The van der Waals surface area contributed by atoms with Crippen molar-refractivity contribution < 1.29 is 15.0 Å². The Morgan fingerprint density at radius 3 is 2.32 bits per heavy atom. The van der Waals surface area contributed by atoms with E-state index in [-0.39, 0.29) is 6.42 Å². The summed E-state index contributed by atoms with van der Waals surface area (Å²) < 4.78 is 0. The molecule has 130 valence electrons. The number of nitrogens with two attached hydrogens (primary N) is 1. The summed E-state index contributed by atoms with van der Waals surface area (Å²) in [6.45, 7) is 2.17. The minimum absolute atomic E-state index is 0.285. The molecule has 1 atom stereocenters. The maximum Gasteiger partial charge on any atom is 0.303 e. The van der Waals surface area contributed by atoms with Crippen LogP contribution in [-0.4, -0.2) is 21.9 Å². The number of carbonyl (C=O) groups is 1. The van der Waals surface area contributed by atoms with Gasteiger partial charge in [0.1, 0.15) is 5.72 Å². The van der Waals surface area contributed by atoms with Crippen molar-refractivity contribution >= 4 is 5.97 Å². The van der Waals surface area contributed by atoms with Crippen LogP contribution in [0.25, 0.3) is 0 Å². The first kappa shape index (κ1) is 21.1. The molecule has 0 aromatic rings. The van der Waals surface area contributed by atoms with Crippen molar-refractivity contribution in [1.82, 2.24) is 0 Å². The first-order valence-electron chi connectivity index (χ1n) is 8.86. The fraction of sp³-hybridized carbons (Fsp3) is 0.833. The minimum atomic E-state index is -1.05. The molecular formula is C18H35NO3. The molecule has 4 N–H and O–H groups in total. The fourth-order valence-corrected chi connectivity index (χ4v) is 2.43. The van der Waals surface area contributed by atoms with Gasteiger partial charge in [-0.2, -0.15) is 0 Å². The largest absolute Gasteiger partial charge is 0.481 e. The zero-order valence-electron chi connectivity index (χ0n) is 14.2. The molecule has 0 aliphatic rings. The number of hydrogen-bond acceptors (Lipinski definition) is 3. The lowest BCUT2D eigenvalue weighted by Gasteiger charge is -2.21. The van der Waals surface area contributed by atoms with Crippen molar-refractivity contribution in [1.29, 1.82) is 0 Å². The molecule has 0 aliphatic heterocycles. The first-order valence-corrected chi connectivity index (χ1v) is 8.86. The van der Waals surface area contributed by atoms with E-state index in [9.17, 15) is 9.90 Å². The van der Waals surface area contributed by atoms with Gasteiger partial charge in [0, 0.05) is 12.8 Å². The third-order valence-electron chi connectivity index (χ3n) is 3.86. The summed E-state index contributed by atoms with van der Waals surface area (Å²) >= 11 is 0. The Morgan fingerprint density at radius 1 is 1.00 bits per heavy atom. The summed E-state index contributed by atoms with van der Waals surface area (Å²) in [6.07, 6.45) is 16.2. The van der Waals surface area contributed by atoms with Gasteiger partial charge in [-0.05, 0) is 32.1 Å². The molecule has 0 spiro atoms. The molecule has 0 radical (unpaired) electrons. The molecule has 4 nitrogen and oxygen atoms in total. The predicted octanol–water partition coefficient (Wildman–Crippen LogP) is 4.37. The van der Waals surface area contributed by atoms with Crippen LogP contribution in [0.5, 0.6) is 0 Å². The van der Waals surface area contributed by atoms with Gasteiger partial charge < -0.3 is 15.9 Å². The second-order valence-corrected chi connectivity index (χ2v) is 6.29. The molecular weight excluding hydrogens is 278 g/mol. The Hall–Kier alpha value is -0.870. The average molecular weight is 313 g/mol. The van der Waals surface area contributed by atoms with E-state index >= 15 is 0 Å². The number of aliphatic hydroxyl groups is 1. The van der Waals surface area contributed by atoms with E-state index in [1.807, 2.05) is 6.08 Å². The Bertz CT molecular complexity index is 301. The van der Waals surface area contributed by atoms with Crippen LogP contribution in [0, 0.1) is 0 Å². The number of hydrogen-bond donors (Lipinski definition) is 3. The first-order chi connectivity index (χ1) is 10.5. The van der Waals surface area contributed by atoms with Gasteiger partial charge in [0.2, 0.25) is 0 Å². The highest BCUT2D eigenvalue weighted by Crippen LogP contribution is 2.15. The van der Waals surface area contributed by atoms with E-state index in [4.69, 9.17) is 10.8 Å². The molecule has 22 heavy (non-hydrogen) atoms. The van der Waals surface area contributed by atoms with E-state index in [2.05, 4.69) is 13.0 Å². The Morgan fingerprint density at radius 2 is 1.64 bits per heavy atom. The molecule has 0 saturated heterocycles. The quantitative estimate of drug-likeness (QED) is 0.238. The molecule has 4 heteroatoms. The van der Waals surface area contributed by atoms with Crippen LogP contribution in [0.15, 0.2) is 12.2 Å². The fourth-order valence-electron chi connectivity index (χ4n) is 2.43. The average Bonchev–Trinajstić information content (AvgIpc) is 2.45. The lowest BCUT2D eigenvalue weighted by molar-refractivity contribution is -0.137. The standard InChI is InChI=1S/C18H35NO3/c1-2-3-4-12-15-18(19,22)16-13-10-8-6-5-7-9-11-14-17(20)21/h10,13,22H,2-9,11-12,14-16,19H2,1H3,(H,20,21)/b13-10-/t18-/m1/s1. The maximum absolute atomic E-state index is 10.3. The van der Waals surface area contributed by atoms with Gasteiger partial charge in [0.05, 0.1) is 0 Å². The van der Waals surface area contributed by atoms with Gasteiger partial charge in [0.25, 0.3) is 0 Å². The second kappa shape index (κ2) is 13.8. The van der Waals surface area contributed by atoms with E-state index in [1.165, 1.54) is 12.8 Å². The molecule has 0 aromatic heterocycles. The maximum atomic E-state index is 10.3. The zero-order valence-corrected chi connectivity index (χ0v) is 14.2. The number of unbranched alkanes of at least 4 members (excludes halogenated alkanes) is 8. The molecule has 0 rings (SSSR count). The van der Waals surface area contributed by atoms with E-state index < -0.39 is 11.7 Å². The Labute approximate surface area is 135 Å². The van der Waals surface area contributed by atoms with Crippen molar-refractivity contribution in [3.8, 4) is 0 Å². The number of allylic oxidation sites excluding steroid dienone is 1. The smallest absolute Gasteiger partial charge is 0.303 e. The predicted molar refractivity (Wildman–Crippen MR) is 91.6 cm³/mol. The molecule has 0 bridgehead atoms. The Balaban J connectivity index is 3.46. The van der Waals surface area contributed by atoms with Crippen LogP contribution in [0.2, 0.25) is 0 Å². The summed E-state index contributed by atoms with van der Waals surface area (Å²) in [5.41, 5.74) is 4.82. The van der Waals surface area contributed by atoms with Gasteiger partial charge in [-0.15, -0.1) is 0 Å². The van der Waals surface area contributed by atoms with Crippen LogP contribution in [0.1, 0.15) is 90.4 Å². The van der Waals surface area contributed by atoms with Crippen molar-refractivity contribution in [2.24, 2.45) is 5.73 Å². The number of rotatable bonds is 15. The van der Waals surface area contributed by atoms with Gasteiger partial charge in [-0.3, -0.25) is 4.79 Å². The monoisotopic (exact) mass is 313 g/mol. The summed E-state index contributed by atoms with van der Waals surface area (Å²) in [6, 6.07) is 0. The molecule has 0 saturated carbocycles. The summed E-state index contributed by atoms with van der Waals surface area (Å²) in [5, 5.41) is 18.6. The number of carboxylic acid groups (broad SMARTS) is 1. The van der Waals surface area contributed by atoms with Gasteiger partial charge in [-0.25, -0.2) is 0 Å². The minimum Gasteiger partial charge on any atom is -0.481 e. The van der Waals surface area contributed by atoms with Crippen molar-refractivity contribution in [3.63, 3.8) is 0 Å². The summed E-state index contributed by atoms with van der Waals surface area (Å²) in [5.74, 6) is -0.702.